The predicted molar refractivity (Wildman–Crippen MR) is 113 cm³/mol. The summed E-state index contributed by atoms with van der Waals surface area (Å²) in [6.07, 6.45) is 1.48. The minimum Gasteiger partial charge on any atom is -0.500 e. The van der Waals surface area contributed by atoms with Crippen molar-refractivity contribution in [2.45, 2.75) is 31.4 Å². The summed E-state index contributed by atoms with van der Waals surface area (Å²) in [7, 11) is -2.79. The van der Waals surface area contributed by atoms with Crippen molar-refractivity contribution in [3.8, 4) is 5.75 Å². The Morgan fingerprint density at radius 3 is 2.79 bits per heavy atom. The molecule has 28 heavy (non-hydrogen) atoms. The second kappa shape index (κ2) is 7.84. The smallest absolute Gasteiger partial charge is 0.229 e. The Morgan fingerprint density at radius 2 is 2.11 bits per heavy atom. The molecule has 3 rings (SSSR count). The van der Waals surface area contributed by atoms with Crippen LogP contribution in [-0.4, -0.2) is 26.1 Å². The number of rotatable bonds is 6. The zero-order chi connectivity index (χ0) is 20.3. The van der Waals surface area contributed by atoms with E-state index in [-0.39, 0.29) is 12.6 Å². The van der Waals surface area contributed by atoms with Gasteiger partial charge in [-0.3, -0.25) is 5.14 Å². The Balaban J connectivity index is 1.93. The fourth-order valence-corrected chi connectivity index (χ4v) is 3.33. The van der Waals surface area contributed by atoms with Crippen molar-refractivity contribution in [3.63, 3.8) is 0 Å². The first kappa shape index (κ1) is 19.6. The second-order valence-electron chi connectivity index (χ2n) is 6.63. The van der Waals surface area contributed by atoms with Gasteiger partial charge in [-0.05, 0) is 49.5 Å². The molecule has 0 aliphatic rings. The van der Waals surface area contributed by atoms with Gasteiger partial charge in [0.2, 0.25) is 5.69 Å². The van der Waals surface area contributed by atoms with Gasteiger partial charge in [0, 0.05) is 16.3 Å². The van der Waals surface area contributed by atoms with Crippen molar-refractivity contribution in [3.05, 3.63) is 59.7 Å². The summed E-state index contributed by atoms with van der Waals surface area (Å²) < 4.78 is 17.8. The Labute approximate surface area is 164 Å². The molecule has 0 spiro atoms. The third-order valence-electron chi connectivity index (χ3n) is 3.95. The fourth-order valence-electron chi connectivity index (χ4n) is 2.68. The van der Waals surface area contributed by atoms with Gasteiger partial charge in [-0.25, -0.2) is 19.0 Å². The van der Waals surface area contributed by atoms with Crippen molar-refractivity contribution in [2.24, 2.45) is 5.14 Å². The summed E-state index contributed by atoms with van der Waals surface area (Å²) >= 11 is 0. The summed E-state index contributed by atoms with van der Waals surface area (Å²) in [5.41, 5.74) is 1.82. The maximum atomic E-state index is 11.9. The highest BCUT2D eigenvalue weighted by molar-refractivity contribution is 7.98. The molecule has 0 radical (unpaired) electrons. The van der Waals surface area contributed by atoms with E-state index in [9.17, 15) is 4.21 Å². The summed E-state index contributed by atoms with van der Waals surface area (Å²) in [5.74, 6) is 4.59. The Hall–Kier alpha value is -3.15. The topological polar surface area (TPSA) is 94.5 Å². The van der Waals surface area contributed by atoms with E-state index in [1.165, 1.54) is 6.33 Å². The van der Waals surface area contributed by atoms with Crippen LogP contribution in [0.2, 0.25) is 0 Å². The van der Waals surface area contributed by atoms with Crippen molar-refractivity contribution >= 4 is 38.0 Å². The van der Waals surface area contributed by atoms with E-state index in [2.05, 4.69) is 26.0 Å². The van der Waals surface area contributed by atoms with Gasteiger partial charge in [0.1, 0.15) is 24.5 Å². The van der Waals surface area contributed by atoms with Gasteiger partial charge in [-0.1, -0.05) is 12.1 Å². The standard InChI is InChI=1S/C20H21N5O2S/c1-13(2)25-20-16-9-18(22-3)19(10-17(16)23-12-24-20)27-11-14-6-5-7-15(8-14)28(4,21)26/h5-10,12-13H,4,11H2,1-2H3,(H2,21,26)(H,23,24,25). The molecule has 2 aromatic carbocycles. The van der Waals surface area contributed by atoms with E-state index < -0.39 is 9.71 Å². The first-order chi connectivity index (χ1) is 13.3. The van der Waals surface area contributed by atoms with E-state index in [0.29, 0.717) is 27.7 Å². The molecule has 1 unspecified atom stereocenters. The minimum absolute atomic E-state index is 0.194. The van der Waals surface area contributed by atoms with E-state index >= 15 is 0 Å². The van der Waals surface area contributed by atoms with Crippen molar-refractivity contribution in [2.75, 3.05) is 5.32 Å². The van der Waals surface area contributed by atoms with E-state index in [1.54, 1.807) is 30.3 Å². The summed E-state index contributed by atoms with van der Waals surface area (Å²) in [6, 6.07) is 10.6. The van der Waals surface area contributed by atoms with Crippen molar-refractivity contribution < 1.29 is 8.95 Å². The predicted octanol–water partition coefficient (Wildman–Crippen LogP) is 3.53. The zero-order valence-corrected chi connectivity index (χ0v) is 16.5. The summed E-state index contributed by atoms with van der Waals surface area (Å²) in [6.45, 7) is 11.7. The molecule has 0 aliphatic heterocycles. The van der Waals surface area contributed by atoms with Gasteiger partial charge in [0.15, 0.2) is 0 Å². The molecule has 144 valence electrons. The lowest BCUT2D eigenvalue weighted by Gasteiger charge is -2.14. The lowest BCUT2D eigenvalue weighted by atomic mass is 10.2. The summed E-state index contributed by atoms with van der Waals surface area (Å²) in [5, 5.41) is 9.62. The molecule has 0 saturated heterocycles. The molecule has 1 heterocycles. The molecule has 0 amide bonds. The molecule has 0 saturated carbocycles. The Morgan fingerprint density at radius 1 is 1.32 bits per heavy atom. The largest absolute Gasteiger partial charge is 0.500 e. The highest BCUT2D eigenvalue weighted by atomic mass is 32.2. The maximum Gasteiger partial charge on any atom is 0.229 e. The molecule has 1 atom stereocenters. The van der Waals surface area contributed by atoms with Crippen molar-refractivity contribution in [1.82, 2.24) is 9.97 Å². The van der Waals surface area contributed by atoms with Crippen molar-refractivity contribution in [1.29, 1.82) is 0 Å². The van der Waals surface area contributed by atoms with E-state index in [0.717, 1.165) is 10.9 Å². The van der Waals surface area contributed by atoms with Crippen LogP contribution in [-0.2, 0) is 16.3 Å². The van der Waals surface area contributed by atoms with Crippen LogP contribution in [0, 0.1) is 6.57 Å². The number of aromatic nitrogens is 2. The molecule has 7 nitrogen and oxygen atoms in total. The number of nitrogens with zero attached hydrogens (tertiary/aromatic N) is 3. The monoisotopic (exact) mass is 395 g/mol. The number of benzene rings is 2. The van der Waals surface area contributed by atoms with Crippen LogP contribution in [0.5, 0.6) is 5.75 Å². The molecule has 0 aliphatic carbocycles. The normalized spacial score (nSPS) is 13.1. The van der Waals surface area contributed by atoms with Crippen LogP contribution < -0.4 is 15.2 Å². The Kier molecular flexibility index (Phi) is 5.49. The first-order valence-corrected chi connectivity index (χ1v) is 10.4. The van der Waals surface area contributed by atoms with Crippen LogP contribution in [0.4, 0.5) is 11.5 Å². The average molecular weight is 395 g/mol. The maximum absolute atomic E-state index is 11.9. The highest BCUT2D eigenvalue weighted by Crippen LogP contribution is 2.35. The number of ether oxygens (including phenoxy) is 1. The van der Waals surface area contributed by atoms with Gasteiger partial charge in [-0.2, -0.15) is 0 Å². The van der Waals surface area contributed by atoms with Gasteiger partial charge in [0.25, 0.3) is 0 Å². The number of anilines is 1. The van der Waals surface area contributed by atoms with Gasteiger partial charge in [-0.15, -0.1) is 0 Å². The zero-order valence-electron chi connectivity index (χ0n) is 15.7. The molecule has 0 bridgehead atoms. The fraction of sp³-hybridized carbons (Fsp3) is 0.200. The minimum atomic E-state index is -2.79. The number of hydrogen-bond donors (Lipinski definition) is 2. The van der Waals surface area contributed by atoms with Crippen LogP contribution in [0.3, 0.4) is 0 Å². The SMILES string of the molecule is [C-]#[N+]c1cc2c(NC(C)C)ncnc2cc1OCc1cccc(S(=C)(N)=O)c1. The van der Waals surface area contributed by atoms with Gasteiger partial charge >= 0.3 is 0 Å². The molecule has 8 heteroatoms. The first-order valence-electron chi connectivity index (χ1n) is 8.57. The number of fused-ring (bicyclic) bond motifs is 1. The quantitative estimate of drug-likeness (QED) is 0.492. The molecule has 0 fully saturated rings. The number of nitrogens with two attached hydrogens (primary N) is 1. The number of hydrogen-bond acceptors (Lipinski definition) is 5. The number of nitrogens with one attached hydrogen (secondary N) is 1. The highest BCUT2D eigenvalue weighted by Gasteiger charge is 2.12. The molecular weight excluding hydrogens is 374 g/mol. The van der Waals surface area contributed by atoms with E-state index in [4.69, 9.17) is 16.4 Å². The molecule has 3 aromatic rings. The van der Waals surface area contributed by atoms with Crippen LogP contribution in [0.25, 0.3) is 15.7 Å². The lowest BCUT2D eigenvalue weighted by molar-refractivity contribution is 0.308. The van der Waals surface area contributed by atoms with Gasteiger partial charge in [0.05, 0.1) is 21.8 Å². The lowest BCUT2D eigenvalue weighted by Crippen LogP contribution is -2.12. The van der Waals surface area contributed by atoms with Crippen LogP contribution in [0.1, 0.15) is 19.4 Å². The van der Waals surface area contributed by atoms with Gasteiger partial charge < -0.3 is 10.1 Å². The molecular formula is C20H21N5O2S. The van der Waals surface area contributed by atoms with Crippen LogP contribution in [0.15, 0.2) is 47.6 Å². The molecule has 3 N–H and O–H groups in total. The van der Waals surface area contributed by atoms with Crippen LogP contribution >= 0.6 is 0 Å². The third kappa shape index (κ3) is 4.39. The van der Waals surface area contributed by atoms with E-state index in [1.807, 2.05) is 19.9 Å². The molecule has 1 aromatic heterocycles. The Bertz CT molecular complexity index is 1170. The third-order valence-corrected chi connectivity index (χ3v) is 5.01. The average Bonchev–Trinajstić information content (AvgIpc) is 2.65. The summed E-state index contributed by atoms with van der Waals surface area (Å²) in [4.78, 5) is 12.6. The second-order valence-corrected chi connectivity index (χ2v) is 8.56.